The van der Waals surface area contributed by atoms with Gasteiger partial charge in [-0.05, 0) is 36.8 Å². The number of carbonyl (C=O) groups is 1. The smallest absolute Gasteiger partial charge is 0.407 e. The van der Waals surface area contributed by atoms with Crippen molar-refractivity contribution in [3.05, 3.63) is 32.3 Å². The number of rotatable bonds is 3. The molecule has 138 valence electrons. The largest absolute Gasteiger partial charge is 0.465 e. The van der Waals surface area contributed by atoms with Crippen LogP contribution in [0.3, 0.4) is 0 Å². The lowest BCUT2D eigenvalue weighted by Gasteiger charge is -2.44. The van der Waals surface area contributed by atoms with E-state index in [-0.39, 0.29) is 23.2 Å². The lowest BCUT2D eigenvalue weighted by atomic mass is 9.79. The molecule has 1 aromatic carbocycles. The quantitative estimate of drug-likeness (QED) is 0.555. The fourth-order valence-corrected chi connectivity index (χ4v) is 3.64. The molecular formula is C17H24BrN3O4. The van der Waals surface area contributed by atoms with Crippen LogP contribution in [0, 0.1) is 22.5 Å². The number of halogens is 1. The van der Waals surface area contributed by atoms with E-state index < -0.39 is 11.0 Å². The summed E-state index contributed by atoms with van der Waals surface area (Å²) in [6, 6.07) is 3.11. The maximum absolute atomic E-state index is 11.5. The average molecular weight is 414 g/mol. The third kappa shape index (κ3) is 4.42. The van der Waals surface area contributed by atoms with Crippen molar-refractivity contribution in [2.24, 2.45) is 5.41 Å². The molecule has 1 aliphatic heterocycles. The highest BCUT2D eigenvalue weighted by Gasteiger charge is 2.39. The van der Waals surface area contributed by atoms with Crippen LogP contribution in [0.4, 0.5) is 16.2 Å². The number of nitrogens with zero attached hydrogens (tertiary/aromatic N) is 2. The van der Waals surface area contributed by atoms with Crippen LogP contribution in [0.5, 0.6) is 0 Å². The molecule has 2 unspecified atom stereocenters. The van der Waals surface area contributed by atoms with E-state index in [2.05, 4.69) is 21.2 Å². The summed E-state index contributed by atoms with van der Waals surface area (Å²) >= 11 is 3.33. The number of benzene rings is 1. The van der Waals surface area contributed by atoms with Crippen molar-refractivity contribution in [2.45, 2.75) is 52.6 Å². The van der Waals surface area contributed by atoms with E-state index >= 15 is 0 Å². The van der Waals surface area contributed by atoms with Gasteiger partial charge < -0.3 is 15.3 Å². The van der Waals surface area contributed by atoms with Gasteiger partial charge in [0.25, 0.3) is 5.69 Å². The van der Waals surface area contributed by atoms with Crippen molar-refractivity contribution < 1.29 is 14.8 Å². The molecule has 25 heavy (non-hydrogen) atoms. The van der Waals surface area contributed by atoms with Crippen molar-refractivity contribution in [1.82, 2.24) is 4.90 Å². The van der Waals surface area contributed by atoms with Crippen LogP contribution in [0.2, 0.25) is 0 Å². The van der Waals surface area contributed by atoms with Crippen LogP contribution in [-0.4, -0.2) is 39.7 Å². The fourth-order valence-electron chi connectivity index (χ4n) is 3.30. The number of hydrogen-bond acceptors (Lipinski definition) is 4. The van der Waals surface area contributed by atoms with Crippen LogP contribution in [0.15, 0.2) is 16.6 Å². The minimum atomic E-state index is -0.913. The van der Waals surface area contributed by atoms with Crippen LogP contribution >= 0.6 is 15.9 Å². The standard InChI is InChI=1S/C17H24BrN3O4/c1-10-7-13(14(21(24)25)9-12(10)18)19-11-5-6-20(16(22)23)15(8-11)17(2,3)4/h7,9,11,15,19H,5-6,8H2,1-4H3,(H,22,23). The molecule has 8 heteroatoms. The number of aryl methyl sites for hydroxylation is 1. The van der Waals surface area contributed by atoms with E-state index in [1.54, 1.807) is 6.07 Å². The van der Waals surface area contributed by atoms with E-state index in [4.69, 9.17) is 0 Å². The van der Waals surface area contributed by atoms with Gasteiger partial charge >= 0.3 is 6.09 Å². The molecule has 7 nitrogen and oxygen atoms in total. The summed E-state index contributed by atoms with van der Waals surface area (Å²) in [5.74, 6) is 0. The molecule has 2 atom stereocenters. The van der Waals surface area contributed by atoms with E-state index in [9.17, 15) is 20.0 Å². The Bertz CT molecular complexity index is 687. The Morgan fingerprint density at radius 1 is 1.44 bits per heavy atom. The van der Waals surface area contributed by atoms with Gasteiger partial charge in [-0.1, -0.05) is 36.7 Å². The summed E-state index contributed by atoms with van der Waals surface area (Å²) in [6.45, 7) is 8.34. The minimum Gasteiger partial charge on any atom is -0.465 e. The first-order chi connectivity index (χ1) is 11.5. The summed E-state index contributed by atoms with van der Waals surface area (Å²) in [5, 5.41) is 24.1. The molecule has 2 N–H and O–H groups in total. The molecule has 0 bridgehead atoms. The molecule has 1 aromatic rings. The van der Waals surface area contributed by atoms with Crippen molar-refractivity contribution in [3.63, 3.8) is 0 Å². The third-order valence-corrected chi connectivity index (χ3v) is 5.54. The molecule has 1 heterocycles. The molecular weight excluding hydrogens is 390 g/mol. The number of nitrogens with one attached hydrogen (secondary N) is 1. The van der Waals surface area contributed by atoms with E-state index in [0.717, 1.165) is 5.56 Å². The van der Waals surface area contributed by atoms with Crippen LogP contribution < -0.4 is 5.32 Å². The summed E-state index contributed by atoms with van der Waals surface area (Å²) in [4.78, 5) is 23.9. The SMILES string of the molecule is Cc1cc(NC2CCN(C(=O)O)C(C(C)(C)C)C2)c([N+](=O)[O-])cc1Br. The number of nitro groups is 1. The average Bonchev–Trinajstić information content (AvgIpc) is 2.49. The Balaban J connectivity index is 2.26. The Morgan fingerprint density at radius 3 is 2.60 bits per heavy atom. The van der Waals surface area contributed by atoms with Gasteiger partial charge in [-0.25, -0.2) is 4.79 Å². The van der Waals surface area contributed by atoms with Gasteiger partial charge in [-0.2, -0.15) is 0 Å². The van der Waals surface area contributed by atoms with Gasteiger partial charge in [0.2, 0.25) is 0 Å². The lowest BCUT2D eigenvalue weighted by molar-refractivity contribution is -0.384. The highest BCUT2D eigenvalue weighted by atomic mass is 79.9. The number of anilines is 1. The van der Waals surface area contributed by atoms with E-state index in [0.29, 0.717) is 29.5 Å². The second kappa shape index (κ2) is 7.19. The molecule has 0 aliphatic carbocycles. The van der Waals surface area contributed by atoms with Gasteiger partial charge in [0, 0.05) is 29.2 Å². The summed E-state index contributed by atoms with van der Waals surface area (Å²) in [6.07, 6.45) is 0.316. The lowest BCUT2D eigenvalue weighted by Crippen LogP contribution is -2.54. The molecule has 1 amide bonds. The fraction of sp³-hybridized carbons (Fsp3) is 0.588. The molecule has 2 rings (SSSR count). The Hall–Kier alpha value is -1.83. The first-order valence-electron chi connectivity index (χ1n) is 8.21. The van der Waals surface area contributed by atoms with Gasteiger partial charge in [0.15, 0.2) is 0 Å². The summed E-state index contributed by atoms with van der Waals surface area (Å²) in [7, 11) is 0. The monoisotopic (exact) mass is 413 g/mol. The second-order valence-corrected chi connectivity index (χ2v) is 8.45. The summed E-state index contributed by atoms with van der Waals surface area (Å²) < 4.78 is 0.693. The summed E-state index contributed by atoms with van der Waals surface area (Å²) in [5.41, 5.74) is 1.20. The number of hydrogen-bond donors (Lipinski definition) is 2. The number of carboxylic acid groups (broad SMARTS) is 1. The van der Waals surface area contributed by atoms with Crippen molar-refractivity contribution in [2.75, 3.05) is 11.9 Å². The normalized spacial score (nSPS) is 21.1. The van der Waals surface area contributed by atoms with E-state index in [1.807, 2.05) is 27.7 Å². The molecule has 0 saturated carbocycles. The van der Waals surface area contributed by atoms with Crippen LogP contribution in [-0.2, 0) is 0 Å². The van der Waals surface area contributed by atoms with Gasteiger partial charge in [0.1, 0.15) is 5.69 Å². The topological polar surface area (TPSA) is 95.7 Å². The molecule has 1 saturated heterocycles. The van der Waals surface area contributed by atoms with E-state index in [1.165, 1.54) is 11.0 Å². The number of piperidine rings is 1. The minimum absolute atomic E-state index is 0.0147. The zero-order valence-electron chi connectivity index (χ0n) is 14.9. The maximum Gasteiger partial charge on any atom is 0.407 e. The van der Waals surface area contributed by atoms with Gasteiger partial charge in [0.05, 0.1) is 4.92 Å². The number of likely N-dealkylation sites (tertiary alicyclic amines) is 1. The highest BCUT2D eigenvalue weighted by molar-refractivity contribution is 9.10. The predicted molar refractivity (Wildman–Crippen MR) is 100 cm³/mol. The van der Waals surface area contributed by atoms with Crippen molar-refractivity contribution in [3.8, 4) is 0 Å². The van der Waals surface area contributed by atoms with Crippen molar-refractivity contribution in [1.29, 1.82) is 0 Å². The van der Waals surface area contributed by atoms with Gasteiger partial charge in [-0.15, -0.1) is 0 Å². The van der Waals surface area contributed by atoms with Crippen molar-refractivity contribution >= 4 is 33.4 Å². The Morgan fingerprint density at radius 2 is 2.08 bits per heavy atom. The number of nitro benzene ring substituents is 1. The molecule has 1 fully saturated rings. The second-order valence-electron chi connectivity index (χ2n) is 7.60. The first kappa shape index (κ1) is 19.5. The zero-order valence-corrected chi connectivity index (χ0v) is 16.5. The Kier molecular flexibility index (Phi) is 5.61. The highest BCUT2D eigenvalue weighted by Crippen LogP contribution is 2.36. The van der Waals surface area contributed by atoms with Crippen LogP contribution in [0.1, 0.15) is 39.2 Å². The molecule has 0 spiro atoms. The first-order valence-corrected chi connectivity index (χ1v) is 9.00. The Labute approximate surface area is 155 Å². The third-order valence-electron chi connectivity index (χ3n) is 4.68. The molecule has 1 aliphatic rings. The van der Waals surface area contributed by atoms with Gasteiger partial charge in [-0.3, -0.25) is 10.1 Å². The van der Waals surface area contributed by atoms with Crippen LogP contribution in [0.25, 0.3) is 0 Å². The molecule has 0 aromatic heterocycles. The molecule has 0 radical (unpaired) electrons. The maximum atomic E-state index is 11.5. The number of amides is 1. The predicted octanol–water partition coefficient (Wildman–Crippen LogP) is 4.63. The zero-order chi connectivity index (χ0) is 18.9.